The van der Waals surface area contributed by atoms with Gasteiger partial charge in [-0.25, -0.2) is 4.98 Å². The molecule has 0 amide bonds. The second-order valence-corrected chi connectivity index (χ2v) is 5.24. The molecule has 1 aromatic heterocycles. The zero-order valence-electron chi connectivity index (χ0n) is 12.6. The number of hydrogen-bond acceptors (Lipinski definition) is 3. The van der Waals surface area contributed by atoms with E-state index in [2.05, 4.69) is 65.1 Å². The van der Waals surface area contributed by atoms with Gasteiger partial charge in [-0.2, -0.15) is 0 Å². The van der Waals surface area contributed by atoms with E-state index < -0.39 is 0 Å². The highest BCUT2D eigenvalue weighted by molar-refractivity contribution is 5.45. The van der Waals surface area contributed by atoms with Crippen molar-refractivity contribution in [1.82, 2.24) is 14.9 Å². The van der Waals surface area contributed by atoms with Crippen LogP contribution in [0.4, 0.5) is 5.69 Å². The molecule has 1 aromatic carbocycles. The van der Waals surface area contributed by atoms with Crippen LogP contribution in [0.2, 0.25) is 0 Å². The second-order valence-electron chi connectivity index (χ2n) is 5.24. The molecule has 2 aromatic rings. The van der Waals surface area contributed by atoms with Crippen LogP contribution >= 0.6 is 0 Å². The van der Waals surface area contributed by atoms with Crippen LogP contribution < -0.4 is 10.2 Å². The van der Waals surface area contributed by atoms with Crippen LogP contribution in [0.1, 0.15) is 24.6 Å². The van der Waals surface area contributed by atoms with Gasteiger partial charge in [-0.05, 0) is 24.1 Å². The Morgan fingerprint density at radius 3 is 2.55 bits per heavy atom. The van der Waals surface area contributed by atoms with Gasteiger partial charge in [0.1, 0.15) is 0 Å². The second kappa shape index (κ2) is 7.10. The van der Waals surface area contributed by atoms with Crippen molar-refractivity contribution in [3.63, 3.8) is 0 Å². The Hall–Kier alpha value is -1.81. The molecule has 0 saturated heterocycles. The van der Waals surface area contributed by atoms with E-state index in [1.54, 1.807) is 0 Å². The normalized spacial score (nSPS) is 10.8. The van der Waals surface area contributed by atoms with Gasteiger partial charge < -0.3 is 14.8 Å². The number of aromatic nitrogens is 2. The van der Waals surface area contributed by atoms with Crippen LogP contribution in [0.15, 0.2) is 36.8 Å². The summed E-state index contributed by atoms with van der Waals surface area (Å²) in [5, 5.41) is 3.48. The fraction of sp³-hybridized carbons (Fsp3) is 0.438. The van der Waals surface area contributed by atoms with E-state index in [0.29, 0.717) is 0 Å². The molecule has 0 unspecified atom stereocenters. The summed E-state index contributed by atoms with van der Waals surface area (Å²) in [6.45, 7) is 4.96. The van der Waals surface area contributed by atoms with Gasteiger partial charge in [-0.15, -0.1) is 0 Å². The molecule has 0 radical (unpaired) electrons. The maximum Gasteiger partial charge on any atom is 0.0948 e. The molecule has 0 saturated carbocycles. The van der Waals surface area contributed by atoms with Gasteiger partial charge in [0.05, 0.1) is 12.0 Å². The summed E-state index contributed by atoms with van der Waals surface area (Å²) in [4.78, 5) is 6.33. The number of anilines is 1. The standard InChI is InChI=1S/C16H24N4/c1-4-9-20-13-18-12-16(20)11-17-10-14-5-7-15(8-6-14)19(2)3/h5-8,12-13,17H,4,9-11H2,1-3H3. The summed E-state index contributed by atoms with van der Waals surface area (Å²) in [6, 6.07) is 8.65. The topological polar surface area (TPSA) is 33.1 Å². The molecule has 0 aliphatic heterocycles. The summed E-state index contributed by atoms with van der Waals surface area (Å²) >= 11 is 0. The van der Waals surface area contributed by atoms with E-state index in [1.807, 2.05) is 12.5 Å². The Morgan fingerprint density at radius 2 is 1.90 bits per heavy atom. The Bertz CT molecular complexity index is 514. The zero-order chi connectivity index (χ0) is 14.4. The highest BCUT2D eigenvalue weighted by Gasteiger charge is 2.01. The van der Waals surface area contributed by atoms with Crippen LogP contribution in [-0.4, -0.2) is 23.6 Å². The monoisotopic (exact) mass is 272 g/mol. The largest absolute Gasteiger partial charge is 0.378 e. The van der Waals surface area contributed by atoms with E-state index in [9.17, 15) is 0 Å². The van der Waals surface area contributed by atoms with Gasteiger partial charge in [0.25, 0.3) is 0 Å². The molecule has 0 atom stereocenters. The van der Waals surface area contributed by atoms with Crippen LogP contribution in [0.3, 0.4) is 0 Å². The third-order valence-corrected chi connectivity index (χ3v) is 3.35. The van der Waals surface area contributed by atoms with Gasteiger partial charge in [0.15, 0.2) is 0 Å². The van der Waals surface area contributed by atoms with Crippen molar-refractivity contribution in [2.45, 2.75) is 33.0 Å². The highest BCUT2D eigenvalue weighted by Crippen LogP contribution is 2.12. The molecule has 1 N–H and O–H groups in total. The molecule has 20 heavy (non-hydrogen) atoms. The predicted molar refractivity (Wildman–Crippen MR) is 83.8 cm³/mol. The quantitative estimate of drug-likeness (QED) is 0.841. The lowest BCUT2D eigenvalue weighted by atomic mass is 10.2. The number of nitrogens with zero attached hydrogens (tertiary/aromatic N) is 3. The Balaban J connectivity index is 1.84. The molecule has 1 heterocycles. The molecule has 4 nitrogen and oxygen atoms in total. The zero-order valence-corrected chi connectivity index (χ0v) is 12.6. The fourth-order valence-corrected chi connectivity index (χ4v) is 2.18. The first kappa shape index (κ1) is 14.6. The number of benzene rings is 1. The van der Waals surface area contributed by atoms with Crippen molar-refractivity contribution in [3.05, 3.63) is 48.0 Å². The fourth-order valence-electron chi connectivity index (χ4n) is 2.18. The average Bonchev–Trinajstić information content (AvgIpc) is 2.87. The first-order chi connectivity index (χ1) is 9.70. The van der Waals surface area contributed by atoms with Crippen molar-refractivity contribution in [1.29, 1.82) is 0 Å². The van der Waals surface area contributed by atoms with Crippen molar-refractivity contribution in [2.75, 3.05) is 19.0 Å². The van der Waals surface area contributed by atoms with Gasteiger partial charge in [0, 0.05) is 45.6 Å². The van der Waals surface area contributed by atoms with Crippen molar-refractivity contribution < 1.29 is 0 Å². The lowest BCUT2D eigenvalue weighted by Crippen LogP contribution is -2.16. The van der Waals surface area contributed by atoms with Gasteiger partial charge in [-0.3, -0.25) is 0 Å². The van der Waals surface area contributed by atoms with Crippen LogP contribution in [-0.2, 0) is 19.6 Å². The Kier molecular flexibility index (Phi) is 5.18. The summed E-state index contributed by atoms with van der Waals surface area (Å²) in [6.07, 6.45) is 4.99. The SMILES string of the molecule is CCCn1cncc1CNCc1ccc(N(C)C)cc1. The summed E-state index contributed by atoms with van der Waals surface area (Å²) in [5.74, 6) is 0. The van der Waals surface area contributed by atoms with E-state index >= 15 is 0 Å². The van der Waals surface area contributed by atoms with Gasteiger partial charge in [0.2, 0.25) is 0 Å². The average molecular weight is 272 g/mol. The third kappa shape index (κ3) is 3.84. The number of aryl methyl sites for hydroxylation is 1. The molecule has 0 bridgehead atoms. The minimum atomic E-state index is 0.857. The summed E-state index contributed by atoms with van der Waals surface area (Å²) in [7, 11) is 4.12. The van der Waals surface area contributed by atoms with Crippen molar-refractivity contribution in [3.8, 4) is 0 Å². The van der Waals surface area contributed by atoms with Crippen molar-refractivity contribution >= 4 is 5.69 Å². The molecule has 0 fully saturated rings. The van der Waals surface area contributed by atoms with E-state index in [-0.39, 0.29) is 0 Å². The molecule has 108 valence electrons. The summed E-state index contributed by atoms with van der Waals surface area (Å²) < 4.78 is 2.21. The Labute approximate surface area is 121 Å². The van der Waals surface area contributed by atoms with Crippen LogP contribution in [0.5, 0.6) is 0 Å². The molecular formula is C16H24N4. The van der Waals surface area contributed by atoms with Crippen molar-refractivity contribution in [2.24, 2.45) is 0 Å². The maximum atomic E-state index is 4.21. The number of hydrogen-bond donors (Lipinski definition) is 1. The molecule has 0 aliphatic rings. The van der Waals surface area contributed by atoms with E-state index in [1.165, 1.54) is 16.9 Å². The number of imidazole rings is 1. The Morgan fingerprint density at radius 1 is 1.15 bits per heavy atom. The molecule has 4 heteroatoms. The van der Waals surface area contributed by atoms with Gasteiger partial charge in [-0.1, -0.05) is 19.1 Å². The van der Waals surface area contributed by atoms with Crippen LogP contribution in [0.25, 0.3) is 0 Å². The summed E-state index contributed by atoms with van der Waals surface area (Å²) in [5.41, 5.74) is 3.78. The van der Waals surface area contributed by atoms with E-state index in [4.69, 9.17) is 0 Å². The third-order valence-electron chi connectivity index (χ3n) is 3.35. The van der Waals surface area contributed by atoms with Crippen LogP contribution in [0, 0.1) is 0 Å². The van der Waals surface area contributed by atoms with Gasteiger partial charge >= 0.3 is 0 Å². The predicted octanol–water partition coefficient (Wildman–Crippen LogP) is 2.65. The lowest BCUT2D eigenvalue weighted by molar-refractivity contribution is 0.601. The smallest absolute Gasteiger partial charge is 0.0948 e. The minimum Gasteiger partial charge on any atom is -0.378 e. The molecule has 0 aliphatic carbocycles. The molecule has 2 rings (SSSR count). The number of rotatable bonds is 7. The number of nitrogens with one attached hydrogen (secondary N) is 1. The maximum absolute atomic E-state index is 4.21. The minimum absolute atomic E-state index is 0.857. The molecule has 0 spiro atoms. The first-order valence-corrected chi connectivity index (χ1v) is 7.16. The first-order valence-electron chi connectivity index (χ1n) is 7.16. The highest BCUT2D eigenvalue weighted by atomic mass is 15.1. The lowest BCUT2D eigenvalue weighted by Gasteiger charge is -2.13. The van der Waals surface area contributed by atoms with E-state index in [0.717, 1.165) is 26.1 Å². The molecular weight excluding hydrogens is 248 g/mol.